The van der Waals surface area contributed by atoms with Crippen LogP contribution in [0.5, 0.6) is 5.75 Å². The van der Waals surface area contributed by atoms with Gasteiger partial charge in [0.1, 0.15) is 5.75 Å². The van der Waals surface area contributed by atoms with Gasteiger partial charge >= 0.3 is 6.03 Å². The highest BCUT2D eigenvalue weighted by atomic mass is 16.5. The normalized spacial score (nSPS) is 10.2. The van der Waals surface area contributed by atoms with Crippen LogP contribution in [-0.4, -0.2) is 38.8 Å². The molecule has 0 fully saturated rings. The summed E-state index contributed by atoms with van der Waals surface area (Å²) in [5.41, 5.74) is 0. The fourth-order valence-corrected chi connectivity index (χ4v) is 1.88. The van der Waals surface area contributed by atoms with E-state index in [1.807, 2.05) is 36.4 Å². The van der Waals surface area contributed by atoms with Crippen LogP contribution in [0.3, 0.4) is 0 Å². The molecule has 0 unspecified atom stereocenters. The first-order valence-electron chi connectivity index (χ1n) is 6.87. The fraction of sp³-hybridized carbons (Fsp3) is 0.250. The molecule has 0 aliphatic heterocycles. The first-order valence-corrected chi connectivity index (χ1v) is 6.87. The highest BCUT2D eigenvalue weighted by molar-refractivity contribution is 5.95. The van der Waals surface area contributed by atoms with Gasteiger partial charge in [-0.05, 0) is 22.9 Å². The van der Waals surface area contributed by atoms with Crippen molar-refractivity contribution in [3.05, 3.63) is 42.5 Å². The van der Waals surface area contributed by atoms with E-state index >= 15 is 0 Å². The molecule has 0 bridgehead atoms. The molecule has 2 aromatic carbocycles. The maximum absolute atomic E-state index is 11.6. The molecular formula is C16H18N2O4. The monoisotopic (exact) mass is 302 g/mol. The van der Waals surface area contributed by atoms with Gasteiger partial charge in [-0.15, -0.1) is 0 Å². The number of urea groups is 1. The largest absolute Gasteiger partial charge is 0.484 e. The van der Waals surface area contributed by atoms with Crippen molar-refractivity contribution in [2.75, 3.05) is 26.9 Å². The summed E-state index contributed by atoms with van der Waals surface area (Å²) in [6.45, 7) is 0.492. The third-order valence-electron chi connectivity index (χ3n) is 2.94. The Morgan fingerprint density at radius 3 is 2.64 bits per heavy atom. The van der Waals surface area contributed by atoms with Crippen molar-refractivity contribution in [2.45, 2.75) is 0 Å². The third kappa shape index (κ3) is 4.75. The summed E-state index contributed by atoms with van der Waals surface area (Å²) in [5, 5.41) is 6.78. The van der Waals surface area contributed by atoms with Crippen molar-refractivity contribution < 1.29 is 19.1 Å². The van der Waals surface area contributed by atoms with Crippen LogP contribution in [0.25, 0.3) is 10.8 Å². The Labute approximate surface area is 128 Å². The Morgan fingerprint density at radius 1 is 1.09 bits per heavy atom. The number of fused-ring (bicyclic) bond motifs is 1. The second kappa shape index (κ2) is 7.99. The first-order chi connectivity index (χ1) is 10.7. The molecule has 0 heterocycles. The lowest BCUT2D eigenvalue weighted by atomic mass is 10.1. The van der Waals surface area contributed by atoms with Crippen LogP contribution in [0.2, 0.25) is 0 Å². The quantitative estimate of drug-likeness (QED) is 0.796. The zero-order valence-electron chi connectivity index (χ0n) is 12.3. The molecule has 0 saturated carbocycles. The van der Waals surface area contributed by atoms with Crippen molar-refractivity contribution in [3.63, 3.8) is 0 Å². The van der Waals surface area contributed by atoms with Crippen LogP contribution in [0.15, 0.2) is 42.5 Å². The number of hydrogen-bond donors (Lipinski definition) is 2. The van der Waals surface area contributed by atoms with Gasteiger partial charge in [0.2, 0.25) is 0 Å². The maximum Gasteiger partial charge on any atom is 0.321 e. The summed E-state index contributed by atoms with van der Waals surface area (Å²) in [6, 6.07) is 12.8. The highest BCUT2D eigenvalue weighted by Crippen LogP contribution is 2.20. The number of imide groups is 1. The van der Waals surface area contributed by atoms with Crippen molar-refractivity contribution >= 4 is 22.7 Å². The maximum atomic E-state index is 11.6. The molecule has 0 saturated heterocycles. The van der Waals surface area contributed by atoms with E-state index in [1.165, 1.54) is 7.11 Å². The molecule has 6 nitrogen and oxygen atoms in total. The Balaban J connectivity index is 1.81. The number of benzene rings is 2. The molecule has 0 atom stereocenters. The van der Waals surface area contributed by atoms with E-state index < -0.39 is 11.9 Å². The summed E-state index contributed by atoms with van der Waals surface area (Å²) in [6.07, 6.45) is 0. The average molecular weight is 302 g/mol. The minimum absolute atomic E-state index is 0.226. The second-order valence-corrected chi connectivity index (χ2v) is 4.59. The molecule has 0 aliphatic carbocycles. The summed E-state index contributed by atoms with van der Waals surface area (Å²) in [7, 11) is 1.53. The molecule has 2 rings (SSSR count). The zero-order valence-corrected chi connectivity index (χ0v) is 12.3. The van der Waals surface area contributed by atoms with Gasteiger partial charge in [-0.25, -0.2) is 4.79 Å². The van der Waals surface area contributed by atoms with E-state index in [-0.39, 0.29) is 6.61 Å². The summed E-state index contributed by atoms with van der Waals surface area (Å²) >= 11 is 0. The lowest BCUT2D eigenvalue weighted by molar-refractivity contribution is -0.122. The number of amides is 3. The molecule has 0 aromatic heterocycles. The molecule has 2 aromatic rings. The van der Waals surface area contributed by atoms with Crippen LogP contribution in [0.4, 0.5) is 4.79 Å². The number of carbonyl (C=O) groups excluding carboxylic acids is 2. The molecule has 0 spiro atoms. The smallest absolute Gasteiger partial charge is 0.321 e. The molecule has 0 aliphatic rings. The minimum atomic E-state index is -0.566. The van der Waals surface area contributed by atoms with Crippen LogP contribution in [-0.2, 0) is 9.53 Å². The van der Waals surface area contributed by atoms with E-state index in [0.717, 1.165) is 10.8 Å². The van der Waals surface area contributed by atoms with Gasteiger partial charge in [0.15, 0.2) is 6.61 Å². The van der Waals surface area contributed by atoms with E-state index in [9.17, 15) is 9.59 Å². The van der Waals surface area contributed by atoms with Crippen molar-refractivity contribution in [1.82, 2.24) is 10.6 Å². The highest BCUT2D eigenvalue weighted by Gasteiger charge is 2.08. The zero-order chi connectivity index (χ0) is 15.8. The summed E-state index contributed by atoms with van der Waals surface area (Å²) < 4.78 is 10.2. The van der Waals surface area contributed by atoms with Gasteiger partial charge in [-0.3, -0.25) is 10.1 Å². The van der Waals surface area contributed by atoms with Gasteiger partial charge in [-0.2, -0.15) is 0 Å². The first kappa shape index (κ1) is 15.8. The number of ether oxygens (including phenoxy) is 2. The van der Waals surface area contributed by atoms with E-state index in [1.54, 1.807) is 6.07 Å². The van der Waals surface area contributed by atoms with E-state index in [2.05, 4.69) is 10.6 Å². The van der Waals surface area contributed by atoms with Crippen molar-refractivity contribution in [3.8, 4) is 5.75 Å². The van der Waals surface area contributed by atoms with Crippen LogP contribution in [0, 0.1) is 0 Å². The van der Waals surface area contributed by atoms with Crippen molar-refractivity contribution in [2.24, 2.45) is 0 Å². The van der Waals surface area contributed by atoms with E-state index in [0.29, 0.717) is 18.9 Å². The fourth-order valence-electron chi connectivity index (χ4n) is 1.88. The second-order valence-electron chi connectivity index (χ2n) is 4.59. The predicted molar refractivity (Wildman–Crippen MR) is 82.9 cm³/mol. The van der Waals surface area contributed by atoms with Crippen LogP contribution >= 0.6 is 0 Å². The SMILES string of the molecule is COCCNC(=O)NC(=O)COc1ccc2ccccc2c1. The molecular weight excluding hydrogens is 284 g/mol. The molecule has 116 valence electrons. The topological polar surface area (TPSA) is 76.7 Å². The Hall–Kier alpha value is -2.60. The van der Waals surface area contributed by atoms with Gasteiger partial charge < -0.3 is 14.8 Å². The molecule has 3 amide bonds. The van der Waals surface area contributed by atoms with Gasteiger partial charge in [0.25, 0.3) is 5.91 Å². The molecule has 0 radical (unpaired) electrons. The standard InChI is InChI=1S/C16H18N2O4/c1-21-9-8-17-16(20)18-15(19)11-22-14-7-6-12-4-2-3-5-13(12)10-14/h2-7,10H,8-9,11H2,1H3,(H2,17,18,19,20). The number of nitrogens with one attached hydrogen (secondary N) is 2. The van der Waals surface area contributed by atoms with E-state index in [4.69, 9.17) is 9.47 Å². The van der Waals surface area contributed by atoms with Gasteiger partial charge in [-0.1, -0.05) is 30.3 Å². The number of hydrogen-bond acceptors (Lipinski definition) is 4. The number of methoxy groups -OCH3 is 1. The molecule has 22 heavy (non-hydrogen) atoms. The number of rotatable bonds is 6. The van der Waals surface area contributed by atoms with Gasteiger partial charge in [0, 0.05) is 13.7 Å². The lowest BCUT2D eigenvalue weighted by Crippen LogP contribution is -2.42. The van der Waals surface area contributed by atoms with Crippen molar-refractivity contribution in [1.29, 1.82) is 0 Å². The number of carbonyl (C=O) groups is 2. The lowest BCUT2D eigenvalue weighted by Gasteiger charge is -2.08. The average Bonchev–Trinajstić information content (AvgIpc) is 2.53. The molecule has 2 N–H and O–H groups in total. The molecule has 6 heteroatoms. The summed E-state index contributed by atoms with van der Waals surface area (Å²) in [5.74, 6) is 0.0664. The third-order valence-corrected chi connectivity index (χ3v) is 2.94. The Bertz CT molecular complexity index is 657. The van der Waals surface area contributed by atoms with Crippen LogP contribution < -0.4 is 15.4 Å². The van der Waals surface area contributed by atoms with Gasteiger partial charge in [0.05, 0.1) is 6.61 Å². The summed E-state index contributed by atoms with van der Waals surface area (Å²) in [4.78, 5) is 23.0. The van der Waals surface area contributed by atoms with Crippen LogP contribution in [0.1, 0.15) is 0 Å². The minimum Gasteiger partial charge on any atom is -0.484 e. The Morgan fingerprint density at radius 2 is 1.86 bits per heavy atom. The Kier molecular flexibility index (Phi) is 5.73. The predicted octanol–water partition coefficient (Wildman–Crippen LogP) is 1.69.